The minimum atomic E-state index is -0.419. The van der Waals surface area contributed by atoms with Crippen LogP contribution in [0.15, 0.2) is 64.2 Å². The number of nitrogens with zero attached hydrogens (tertiary/aromatic N) is 2. The van der Waals surface area contributed by atoms with Crippen molar-refractivity contribution in [3.05, 3.63) is 70.3 Å². The van der Waals surface area contributed by atoms with Crippen LogP contribution < -0.4 is 5.43 Å². The molecule has 120 valence electrons. The van der Waals surface area contributed by atoms with Crippen LogP contribution in [0.1, 0.15) is 16.1 Å². The van der Waals surface area contributed by atoms with Gasteiger partial charge in [-0.3, -0.25) is 9.89 Å². The number of nitrogens with one attached hydrogen (secondary N) is 2. The number of phenols is 1. The molecule has 3 N–H and O–H groups in total. The van der Waals surface area contributed by atoms with E-state index in [4.69, 9.17) is 0 Å². The standard InChI is InChI=1S/C17H13BrN4O2/c18-13-7-5-11(6-8-13)14-9-15(21-20-14)17(24)22-19-10-12-3-1-2-4-16(12)23/h1-10,23H,(H,20,21)(H,22,24)/b19-10-. The second-order valence-electron chi connectivity index (χ2n) is 4.93. The van der Waals surface area contributed by atoms with E-state index in [0.717, 1.165) is 10.0 Å². The third-order valence-electron chi connectivity index (χ3n) is 3.27. The molecule has 24 heavy (non-hydrogen) atoms. The molecule has 0 unspecified atom stereocenters. The fourth-order valence-corrected chi connectivity index (χ4v) is 2.29. The average molecular weight is 385 g/mol. The third-order valence-corrected chi connectivity index (χ3v) is 3.80. The van der Waals surface area contributed by atoms with Crippen LogP contribution in [-0.4, -0.2) is 27.4 Å². The highest BCUT2D eigenvalue weighted by molar-refractivity contribution is 9.10. The SMILES string of the molecule is O=C(N/N=C\c1ccccc1O)c1cc(-c2ccc(Br)cc2)n[nH]1. The quantitative estimate of drug-likeness (QED) is 0.476. The summed E-state index contributed by atoms with van der Waals surface area (Å²) in [5, 5.41) is 20.3. The Morgan fingerprint density at radius 1 is 1.21 bits per heavy atom. The van der Waals surface area contributed by atoms with Crippen LogP contribution in [0, 0.1) is 0 Å². The highest BCUT2D eigenvalue weighted by atomic mass is 79.9. The van der Waals surface area contributed by atoms with E-state index in [-0.39, 0.29) is 5.75 Å². The van der Waals surface area contributed by atoms with Crippen molar-refractivity contribution in [3.8, 4) is 17.0 Å². The van der Waals surface area contributed by atoms with Gasteiger partial charge in [0.15, 0.2) is 0 Å². The van der Waals surface area contributed by atoms with Crippen LogP contribution in [0.4, 0.5) is 0 Å². The molecule has 6 nitrogen and oxygen atoms in total. The van der Waals surface area contributed by atoms with E-state index >= 15 is 0 Å². The maximum atomic E-state index is 12.1. The Kier molecular flexibility index (Phi) is 4.72. The zero-order valence-electron chi connectivity index (χ0n) is 12.4. The summed E-state index contributed by atoms with van der Waals surface area (Å²) in [6.45, 7) is 0. The number of para-hydroxylation sites is 1. The molecule has 7 heteroatoms. The number of carbonyl (C=O) groups is 1. The number of rotatable bonds is 4. The summed E-state index contributed by atoms with van der Waals surface area (Å²) in [7, 11) is 0. The van der Waals surface area contributed by atoms with E-state index in [2.05, 4.69) is 36.7 Å². The van der Waals surface area contributed by atoms with Crippen molar-refractivity contribution in [1.82, 2.24) is 15.6 Å². The normalized spacial score (nSPS) is 10.9. The molecule has 1 heterocycles. The van der Waals surface area contributed by atoms with E-state index in [0.29, 0.717) is 17.0 Å². The molecule has 3 rings (SSSR count). The number of aromatic nitrogens is 2. The average Bonchev–Trinajstić information content (AvgIpc) is 3.07. The fourth-order valence-electron chi connectivity index (χ4n) is 2.02. The summed E-state index contributed by atoms with van der Waals surface area (Å²) in [5.74, 6) is -0.327. The molecule has 0 atom stereocenters. The van der Waals surface area contributed by atoms with Gasteiger partial charge in [0.25, 0.3) is 5.91 Å². The molecule has 2 aromatic carbocycles. The summed E-state index contributed by atoms with van der Waals surface area (Å²) < 4.78 is 0.971. The molecule has 0 aliphatic rings. The molecule has 1 aromatic heterocycles. The third kappa shape index (κ3) is 3.69. The maximum absolute atomic E-state index is 12.1. The minimum Gasteiger partial charge on any atom is -0.507 e. The van der Waals surface area contributed by atoms with Gasteiger partial charge in [0.05, 0.1) is 11.9 Å². The monoisotopic (exact) mass is 384 g/mol. The number of halogens is 1. The van der Waals surface area contributed by atoms with Gasteiger partial charge in [-0.15, -0.1) is 0 Å². The number of phenolic OH excluding ortho intramolecular Hbond substituents is 1. The molecule has 0 aliphatic carbocycles. The largest absolute Gasteiger partial charge is 0.507 e. The number of aromatic amines is 1. The number of hydrazone groups is 1. The van der Waals surface area contributed by atoms with E-state index in [1.807, 2.05) is 24.3 Å². The van der Waals surface area contributed by atoms with Gasteiger partial charge in [0.1, 0.15) is 11.4 Å². The first-order chi connectivity index (χ1) is 11.6. The summed E-state index contributed by atoms with van der Waals surface area (Å²) >= 11 is 3.37. The summed E-state index contributed by atoms with van der Waals surface area (Å²) in [6, 6.07) is 16.0. The van der Waals surface area contributed by atoms with Crippen LogP contribution in [0.2, 0.25) is 0 Å². The first-order valence-electron chi connectivity index (χ1n) is 7.06. The van der Waals surface area contributed by atoms with Gasteiger partial charge in [-0.05, 0) is 30.3 Å². The van der Waals surface area contributed by atoms with Crippen LogP contribution in [0.5, 0.6) is 5.75 Å². The minimum absolute atomic E-state index is 0.0922. The molecule has 0 saturated carbocycles. The predicted molar refractivity (Wildman–Crippen MR) is 94.9 cm³/mol. The first-order valence-corrected chi connectivity index (χ1v) is 7.85. The lowest BCUT2D eigenvalue weighted by Crippen LogP contribution is -2.18. The maximum Gasteiger partial charge on any atom is 0.289 e. The lowest BCUT2D eigenvalue weighted by Gasteiger charge is -1.98. The number of H-pyrrole nitrogens is 1. The van der Waals surface area contributed by atoms with Crippen molar-refractivity contribution in [1.29, 1.82) is 0 Å². The molecule has 0 bridgehead atoms. The molecule has 0 fully saturated rings. The van der Waals surface area contributed by atoms with Crippen molar-refractivity contribution >= 4 is 28.1 Å². The number of carbonyl (C=O) groups excluding carboxylic acids is 1. The Morgan fingerprint density at radius 3 is 2.71 bits per heavy atom. The number of hydrogen-bond acceptors (Lipinski definition) is 4. The highest BCUT2D eigenvalue weighted by Gasteiger charge is 2.10. The van der Waals surface area contributed by atoms with Crippen molar-refractivity contribution in [2.24, 2.45) is 5.10 Å². The first kappa shape index (κ1) is 15.9. The van der Waals surface area contributed by atoms with Crippen LogP contribution in [-0.2, 0) is 0 Å². The summed E-state index contributed by atoms with van der Waals surface area (Å²) in [4.78, 5) is 12.1. The van der Waals surface area contributed by atoms with Gasteiger partial charge < -0.3 is 5.11 Å². The molecule has 0 aliphatic heterocycles. The fraction of sp³-hybridized carbons (Fsp3) is 0. The lowest BCUT2D eigenvalue weighted by atomic mass is 10.1. The Labute approximate surface area is 146 Å². The summed E-state index contributed by atoms with van der Waals surface area (Å²) in [5.41, 5.74) is 4.75. The Morgan fingerprint density at radius 2 is 1.96 bits per heavy atom. The van der Waals surface area contributed by atoms with Gasteiger partial charge in [0, 0.05) is 15.6 Å². The second kappa shape index (κ2) is 7.10. The number of benzene rings is 2. The Hall–Kier alpha value is -2.93. The Bertz CT molecular complexity index is 888. The van der Waals surface area contributed by atoms with Crippen LogP contribution in [0.25, 0.3) is 11.3 Å². The van der Waals surface area contributed by atoms with Gasteiger partial charge in [-0.1, -0.05) is 40.2 Å². The van der Waals surface area contributed by atoms with Gasteiger partial charge >= 0.3 is 0 Å². The highest BCUT2D eigenvalue weighted by Crippen LogP contribution is 2.20. The zero-order valence-corrected chi connectivity index (χ0v) is 14.0. The smallest absolute Gasteiger partial charge is 0.289 e. The second-order valence-corrected chi connectivity index (χ2v) is 5.85. The predicted octanol–water partition coefficient (Wildman–Crippen LogP) is 3.31. The number of hydrogen-bond donors (Lipinski definition) is 3. The molecular formula is C17H13BrN4O2. The lowest BCUT2D eigenvalue weighted by molar-refractivity contribution is 0.0950. The zero-order chi connectivity index (χ0) is 16.9. The van der Waals surface area contributed by atoms with Gasteiger partial charge in [0.2, 0.25) is 0 Å². The summed E-state index contributed by atoms with van der Waals surface area (Å²) in [6.07, 6.45) is 1.37. The van der Waals surface area contributed by atoms with E-state index in [9.17, 15) is 9.90 Å². The molecular weight excluding hydrogens is 372 g/mol. The molecule has 0 saturated heterocycles. The topological polar surface area (TPSA) is 90.4 Å². The molecule has 0 spiro atoms. The van der Waals surface area contributed by atoms with Crippen LogP contribution in [0.3, 0.4) is 0 Å². The van der Waals surface area contributed by atoms with Crippen molar-refractivity contribution in [2.45, 2.75) is 0 Å². The van der Waals surface area contributed by atoms with E-state index < -0.39 is 5.91 Å². The van der Waals surface area contributed by atoms with E-state index in [1.54, 1.807) is 30.3 Å². The van der Waals surface area contributed by atoms with E-state index in [1.165, 1.54) is 6.21 Å². The van der Waals surface area contributed by atoms with Gasteiger partial charge in [-0.25, -0.2) is 5.43 Å². The van der Waals surface area contributed by atoms with Gasteiger partial charge in [-0.2, -0.15) is 10.2 Å². The molecule has 3 aromatic rings. The number of aromatic hydroxyl groups is 1. The van der Waals surface area contributed by atoms with Crippen molar-refractivity contribution in [3.63, 3.8) is 0 Å². The van der Waals surface area contributed by atoms with Crippen molar-refractivity contribution in [2.75, 3.05) is 0 Å². The Balaban J connectivity index is 1.68. The molecule has 1 amide bonds. The van der Waals surface area contributed by atoms with Crippen LogP contribution >= 0.6 is 15.9 Å². The van der Waals surface area contributed by atoms with Crippen molar-refractivity contribution < 1.29 is 9.90 Å². The molecule has 0 radical (unpaired) electrons. The number of amides is 1.